The van der Waals surface area contributed by atoms with Gasteiger partial charge in [-0.2, -0.15) is 0 Å². The summed E-state index contributed by atoms with van der Waals surface area (Å²) in [6, 6.07) is 3.68. The van der Waals surface area contributed by atoms with Crippen molar-refractivity contribution in [2.24, 2.45) is 5.41 Å². The first-order valence-corrected chi connectivity index (χ1v) is 7.67. The molecule has 2 aromatic heterocycles. The third-order valence-corrected chi connectivity index (χ3v) is 4.22. The molecule has 2 heterocycles. The van der Waals surface area contributed by atoms with E-state index >= 15 is 0 Å². The molecule has 0 saturated heterocycles. The van der Waals surface area contributed by atoms with E-state index in [2.05, 4.69) is 10.3 Å². The fourth-order valence-electron chi connectivity index (χ4n) is 3.08. The number of fused-ring (bicyclic) bond motifs is 1. The summed E-state index contributed by atoms with van der Waals surface area (Å²) in [6.45, 7) is 7.69. The Hall–Kier alpha value is -2.43. The van der Waals surface area contributed by atoms with Gasteiger partial charge in [0.25, 0.3) is 5.91 Å². The molecule has 0 aromatic carbocycles. The molecule has 0 aliphatic heterocycles. The second kappa shape index (κ2) is 5.33. The number of furan rings is 1. The maximum atomic E-state index is 12.5. The Morgan fingerprint density at radius 1 is 1.30 bits per heavy atom. The Morgan fingerprint density at radius 2 is 2.04 bits per heavy atom. The molecule has 2 aromatic rings. The van der Waals surface area contributed by atoms with Gasteiger partial charge in [-0.25, -0.2) is 4.98 Å². The van der Waals surface area contributed by atoms with E-state index < -0.39 is 0 Å². The standard InChI is InChI=1S/C18H20N2O3/c1-10-6-5-7-19-16(10)20-17(22)15-11(2)14-12(21)8-18(3,4)9-13(14)23-15/h5-7H,8-9H2,1-4H3,(H,19,20,22). The number of nitrogens with one attached hydrogen (secondary N) is 1. The van der Waals surface area contributed by atoms with Gasteiger partial charge in [0.2, 0.25) is 0 Å². The number of pyridine rings is 1. The predicted octanol–water partition coefficient (Wildman–Crippen LogP) is 3.70. The van der Waals surface area contributed by atoms with Gasteiger partial charge in [0.15, 0.2) is 11.5 Å². The Kier molecular flexibility index (Phi) is 3.59. The highest BCUT2D eigenvalue weighted by molar-refractivity contribution is 6.07. The molecule has 3 rings (SSSR count). The third-order valence-electron chi connectivity index (χ3n) is 4.22. The van der Waals surface area contributed by atoms with E-state index in [4.69, 9.17) is 4.42 Å². The van der Waals surface area contributed by atoms with Gasteiger partial charge in [-0.1, -0.05) is 19.9 Å². The second-order valence-electron chi connectivity index (χ2n) is 6.92. The van der Waals surface area contributed by atoms with Crippen LogP contribution in [0.5, 0.6) is 0 Å². The van der Waals surface area contributed by atoms with Crippen LogP contribution in [0.25, 0.3) is 0 Å². The second-order valence-corrected chi connectivity index (χ2v) is 6.92. The zero-order chi connectivity index (χ0) is 16.8. The van der Waals surface area contributed by atoms with Gasteiger partial charge in [-0.15, -0.1) is 0 Å². The van der Waals surface area contributed by atoms with Crippen molar-refractivity contribution in [2.45, 2.75) is 40.5 Å². The van der Waals surface area contributed by atoms with Gasteiger partial charge >= 0.3 is 0 Å². The Balaban J connectivity index is 1.94. The van der Waals surface area contributed by atoms with E-state index in [9.17, 15) is 9.59 Å². The first-order chi connectivity index (χ1) is 10.8. The van der Waals surface area contributed by atoms with Crippen molar-refractivity contribution in [2.75, 3.05) is 5.32 Å². The summed E-state index contributed by atoms with van der Waals surface area (Å²) >= 11 is 0. The third kappa shape index (κ3) is 2.79. The first kappa shape index (κ1) is 15.5. The van der Waals surface area contributed by atoms with E-state index in [-0.39, 0.29) is 22.9 Å². The summed E-state index contributed by atoms with van der Waals surface area (Å²) in [6.07, 6.45) is 2.75. The van der Waals surface area contributed by atoms with Crippen LogP contribution in [0.15, 0.2) is 22.7 Å². The van der Waals surface area contributed by atoms with Gasteiger partial charge in [-0.3, -0.25) is 9.59 Å². The largest absolute Gasteiger partial charge is 0.455 e. The van der Waals surface area contributed by atoms with E-state index in [0.717, 1.165) is 5.56 Å². The highest BCUT2D eigenvalue weighted by Gasteiger charge is 2.37. The smallest absolute Gasteiger partial charge is 0.292 e. The summed E-state index contributed by atoms with van der Waals surface area (Å²) in [5.74, 6) is 0.991. The van der Waals surface area contributed by atoms with Gasteiger partial charge in [-0.05, 0) is 30.9 Å². The molecule has 0 fully saturated rings. The number of Topliss-reactive ketones (excluding diaryl/α,β-unsaturated/α-hetero) is 1. The number of nitrogens with zero attached hydrogens (tertiary/aromatic N) is 1. The molecule has 0 bridgehead atoms. The molecule has 1 amide bonds. The molecular weight excluding hydrogens is 292 g/mol. The summed E-state index contributed by atoms with van der Waals surface area (Å²) in [5.41, 5.74) is 1.92. The zero-order valence-corrected chi connectivity index (χ0v) is 13.8. The summed E-state index contributed by atoms with van der Waals surface area (Å²) < 4.78 is 5.76. The molecule has 1 N–H and O–H groups in total. The average molecular weight is 312 g/mol. The van der Waals surface area contributed by atoms with Gasteiger partial charge in [0, 0.05) is 24.6 Å². The number of hydrogen-bond donors (Lipinski definition) is 1. The van der Waals surface area contributed by atoms with Gasteiger partial charge in [0.1, 0.15) is 11.6 Å². The Morgan fingerprint density at radius 3 is 2.74 bits per heavy atom. The fraction of sp³-hybridized carbons (Fsp3) is 0.389. The molecule has 1 aliphatic rings. The van der Waals surface area contributed by atoms with E-state index in [1.165, 1.54) is 0 Å². The van der Waals surface area contributed by atoms with Crippen LogP contribution in [0.4, 0.5) is 5.82 Å². The van der Waals surface area contributed by atoms with Crippen LogP contribution < -0.4 is 5.32 Å². The molecule has 5 heteroatoms. The van der Waals surface area contributed by atoms with Crippen LogP contribution in [0.1, 0.15) is 58.1 Å². The Labute approximate surface area is 135 Å². The van der Waals surface area contributed by atoms with E-state index in [0.29, 0.717) is 35.5 Å². The predicted molar refractivity (Wildman–Crippen MR) is 86.8 cm³/mol. The summed E-state index contributed by atoms with van der Waals surface area (Å²) in [4.78, 5) is 29.0. The summed E-state index contributed by atoms with van der Waals surface area (Å²) in [7, 11) is 0. The van der Waals surface area contributed by atoms with E-state index in [1.807, 2.05) is 32.9 Å². The molecule has 5 nitrogen and oxygen atoms in total. The zero-order valence-electron chi connectivity index (χ0n) is 13.8. The number of carbonyl (C=O) groups excluding carboxylic acids is 2. The lowest BCUT2D eigenvalue weighted by Gasteiger charge is -2.27. The molecule has 23 heavy (non-hydrogen) atoms. The number of hydrogen-bond acceptors (Lipinski definition) is 4. The average Bonchev–Trinajstić information content (AvgIpc) is 2.77. The van der Waals surface area contributed by atoms with E-state index in [1.54, 1.807) is 13.1 Å². The molecule has 0 atom stereocenters. The highest BCUT2D eigenvalue weighted by atomic mass is 16.4. The van der Waals surface area contributed by atoms with Crippen LogP contribution in [-0.2, 0) is 6.42 Å². The topological polar surface area (TPSA) is 72.2 Å². The molecule has 0 saturated carbocycles. The number of anilines is 1. The van der Waals surface area contributed by atoms with Crippen LogP contribution in [0.3, 0.4) is 0 Å². The normalized spacial score (nSPS) is 16.1. The van der Waals surface area contributed by atoms with Crippen molar-refractivity contribution < 1.29 is 14.0 Å². The summed E-state index contributed by atoms with van der Waals surface area (Å²) in [5, 5.41) is 2.76. The van der Waals surface area contributed by atoms with Crippen molar-refractivity contribution in [3.05, 3.63) is 46.5 Å². The maximum Gasteiger partial charge on any atom is 0.292 e. The van der Waals surface area contributed by atoms with Crippen LogP contribution in [-0.4, -0.2) is 16.7 Å². The maximum absolute atomic E-state index is 12.5. The fourth-order valence-corrected chi connectivity index (χ4v) is 3.08. The number of ketones is 1. The molecule has 0 radical (unpaired) electrons. The number of rotatable bonds is 2. The first-order valence-electron chi connectivity index (χ1n) is 7.67. The molecule has 120 valence electrons. The van der Waals surface area contributed by atoms with Crippen molar-refractivity contribution in [1.82, 2.24) is 4.98 Å². The lowest BCUT2D eigenvalue weighted by Crippen LogP contribution is -2.26. The van der Waals surface area contributed by atoms with Crippen LogP contribution in [0.2, 0.25) is 0 Å². The molecule has 0 spiro atoms. The monoisotopic (exact) mass is 312 g/mol. The van der Waals surface area contributed by atoms with Crippen molar-refractivity contribution >= 4 is 17.5 Å². The minimum atomic E-state index is -0.371. The number of aryl methyl sites for hydroxylation is 1. The van der Waals surface area contributed by atoms with Crippen molar-refractivity contribution in [1.29, 1.82) is 0 Å². The van der Waals surface area contributed by atoms with Gasteiger partial charge in [0.05, 0.1) is 5.56 Å². The number of aromatic nitrogens is 1. The Bertz CT molecular complexity index is 803. The number of amides is 1. The minimum absolute atomic E-state index is 0.0468. The highest BCUT2D eigenvalue weighted by Crippen LogP contribution is 2.38. The molecule has 1 aliphatic carbocycles. The van der Waals surface area contributed by atoms with Crippen molar-refractivity contribution in [3.8, 4) is 0 Å². The molecular formula is C18H20N2O3. The lowest BCUT2D eigenvalue weighted by atomic mass is 9.76. The van der Waals surface area contributed by atoms with Crippen molar-refractivity contribution in [3.63, 3.8) is 0 Å². The molecule has 0 unspecified atom stereocenters. The van der Waals surface area contributed by atoms with Gasteiger partial charge < -0.3 is 9.73 Å². The lowest BCUT2D eigenvalue weighted by molar-refractivity contribution is 0.0898. The quantitative estimate of drug-likeness (QED) is 0.917. The minimum Gasteiger partial charge on any atom is -0.455 e. The van der Waals surface area contributed by atoms with Crippen LogP contribution in [0, 0.1) is 19.3 Å². The van der Waals surface area contributed by atoms with Crippen LogP contribution >= 0.6 is 0 Å². The SMILES string of the molecule is Cc1cccnc1NC(=O)c1oc2c(c1C)C(=O)CC(C)(C)C2. The number of carbonyl (C=O) groups is 2.